The van der Waals surface area contributed by atoms with Crippen molar-refractivity contribution < 1.29 is 9.90 Å². The van der Waals surface area contributed by atoms with Crippen LogP contribution in [0.15, 0.2) is 17.8 Å². The number of aromatic carboxylic acids is 1. The highest BCUT2D eigenvalue weighted by atomic mass is 35.5. The average Bonchev–Trinajstić information content (AvgIpc) is 2.47. The average molecular weight is 230 g/mol. The molecule has 0 bridgehead atoms. The summed E-state index contributed by atoms with van der Waals surface area (Å²) in [5.41, 5.74) is 0.811. The number of hydrogen-bond donors (Lipinski definition) is 2. The van der Waals surface area contributed by atoms with Gasteiger partial charge in [-0.2, -0.15) is 5.10 Å². The number of carbonyl (C=O) groups is 1. The lowest BCUT2D eigenvalue weighted by molar-refractivity contribution is 0.0695. The molecule has 1 aromatic heterocycles. The summed E-state index contributed by atoms with van der Waals surface area (Å²) in [6.07, 6.45) is 1.33. The number of carboxylic acids is 1. The zero-order valence-corrected chi connectivity index (χ0v) is 9.08. The molecule has 1 rings (SSSR count). The van der Waals surface area contributed by atoms with Crippen molar-refractivity contribution in [2.45, 2.75) is 6.54 Å². The Morgan fingerprint density at radius 2 is 2.47 bits per heavy atom. The molecule has 0 amide bonds. The standard InChI is InChI=1S/C9H12ClN3O2/c1-6(10)3-11-5-8-7(9(14)15)4-12-13(8)2/h4,11H,1,3,5H2,2H3,(H,14,15). The predicted octanol–water partition coefficient (Wildman–Crippen LogP) is 0.960. The van der Waals surface area contributed by atoms with Gasteiger partial charge < -0.3 is 10.4 Å². The number of hydrogen-bond acceptors (Lipinski definition) is 3. The third-order valence-corrected chi connectivity index (χ3v) is 2.03. The van der Waals surface area contributed by atoms with Crippen LogP contribution in [0.4, 0.5) is 0 Å². The SMILES string of the molecule is C=C(Cl)CNCc1c(C(=O)O)cnn1C. The van der Waals surface area contributed by atoms with Crippen LogP contribution in [0.2, 0.25) is 0 Å². The minimum atomic E-state index is -0.982. The normalized spacial score (nSPS) is 10.3. The van der Waals surface area contributed by atoms with E-state index >= 15 is 0 Å². The smallest absolute Gasteiger partial charge is 0.339 e. The number of aryl methyl sites for hydroxylation is 1. The van der Waals surface area contributed by atoms with Crippen LogP contribution in [0.5, 0.6) is 0 Å². The van der Waals surface area contributed by atoms with Crippen molar-refractivity contribution in [1.29, 1.82) is 0 Å². The molecule has 0 aliphatic rings. The summed E-state index contributed by atoms with van der Waals surface area (Å²) >= 11 is 5.56. The van der Waals surface area contributed by atoms with Gasteiger partial charge in [0, 0.05) is 25.2 Å². The van der Waals surface area contributed by atoms with E-state index in [0.717, 1.165) is 0 Å². The van der Waals surface area contributed by atoms with Gasteiger partial charge in [-0.3, -0.25) is 4.68 Å². The first-order chi connectivity index (χ1) is 7.02. The van der Waals surface area contributed by atoms with Crippen molar-refractivity contribution in [3.05, 3.63) is 29.1 Å². The lowest BCUT2D eigenvalue weighted by Gasteiger charge is -2.05. The second-order valence-corrected chi connectivity index (χ2v) is 3.59. The van der Waals surface area contributed by atoms with Crippen molar-refractivity contribution in [3.63, 3.8) is 0 Å². The van der Waals surface area contributed by atoms with Gasteiger partial charge in [0.2, 0.25) is 0 Å². The monoisotopic (exact) mass is 229 g/mol. The lowest BCUT2D eigenvalue weighted by Crippen LogP contribution is -2.19. The Morgan fingerprint density at radius 3 is 3.00 bits per heavy atom. The number of halogens is 1. The summed E-state index contributed by atoms with van der Waals surface area (Å²) in [6.45, 7) is 4.35. The van der Waals surface area contributed by atoms with Gasteiger partial charge in [0.25, 0.3) is 0 Å². The predicted molar refractivity (Wildman–Crippen MR) is 56.9 cm³/mol. The molecule has 0 atom stereocenters. The summed E-state index contributed by atoms with van der Waals surface area (Å²) in [6, 6.07) is 0. The maximum atomic E-state index is 10.8. The van der Waals surface area contributed by atoms with Gasteiger partial charge in [-0.25, -0.2) is 4.79 Å². The zero-order chi connectivity index (χ0) is 11.4. The van der Waals surface area contributed by atoms with Crippen molar-refractivity contribution in [3.8, 4) is 0 Å². The second-order valence-electron chi connectivity index (χ2n) is 3.05. The van der Waals surface area contributed by atoms with Crippen LogP contribution in [-0.2, 0) is 13.6 Å². The highest BCUT2D eigenvalue weighted by Gasteiger charge is 2.13. The molecule has 15 heavy (non-hydrogen) atoms. The van der Waals surface area contributed by atoms with Crippen molar-refractivity contribution in [2.75, 3.05) is 6.54 Å². The number of carboxylic acid groups (broad SMARTS) is 1. The van der Waals surface area contributed by atoms with Crippen LogP contribution >= 0.6 is 11.6 Å². The van der Waals surface area contributed by atoms with Gasteiger partial charge >= 0.3 is 5.97 Å². The van der Waals surface area contributed by atoms with Crippen LogP contribution in [-0.4, -0.2) is 27.4 Å². The molecule has 5 nitrogen and oxygen atoms in total. The fourth-order valence-corrected chi connectivity index (χ4v) is 1.26. The van der Waals surface area contributed by atoms with Gasteiger partial charge in [0.05, 0.1) is 11.9 Å². The van der Waals surface area contributed by atoms with Crippen LogP contribution in [0.3, 0.4) is 0 Å². The Hall–Kier alpha value is -1.33. The molecule has 6 heteroatoms. The first-order valence-corrected chi connectivity index (χ1v) is 4.68. The number of nitrogens with zero attached hydrogens (tertiary/aromatic N) is 2. The summed E-state index contributed by atoms with van der Waals surface area (Å²) in [7, 11) is 1.69. The molecule has 0 unspecified atom stereocenters. The van der Waals surface area contributed by atoms with E-state index in [1.54, 1.807) is 7.05 Å². The molecule has 0 saturated heterocycles. The molecule has 0 spiro atoms. The van der Waals surface area contributed by atoms with E-state index in [4.69, 9.17) is 16.7 Å². The van der Waals surface area contributed by atoms with Gasteiger partial charge in [-0.15, -0.1) is 0 Å². The van der Waals surface area contributed by atoms with Crippen molar-refractivity contribution in [2.24, 2.45) is 7.05 Å². The van der Waals surface area contributed by atoms with Crippen LogP contribution in [0.25, 0.3) is 0 Å². The van der Waals surface area contributed by atoms with Crippen molar-refractivity contribution in [1.82, 2.24) is 15.1 Å². The number of nitrogens with one attached hydrogen (secondary N) is 1. The molecule has 0 aromatic carbocycles. The first kappa shape index (κ1) is 11.7. The van der Waals surface area contributed by atoms with Crippen LogP contribution < -0.4 is 5.32 Å². The molecule has 1 aromatic rings. The molecule has 0 fully saturated rings. The van der Waals surface area contributed by atoms with Crippen LogP contribution in [0.1, 0.15) is 16.1 Å². The molecule has 2 N–H and O–H groups in total. The largest absolute Gasteiger partial charge is 0.478 e. The lowest BCUT2D eigenvalue weighted by atomic mass is 10.2. The molecule has 1 heterocycles. The number of rotatable bonds is 5. The topological polar surface area (TPSA) is 67.2 Å². The minimum Gasteiger partial charge on any atom is -0.478 e. The molecular formula is C9H12ClN3O2. The minimum absolute atomic E-state index is 0.199. The maximum Gasteiger partial charge on any atom is 0.339 e. The molecule has 0 radical (unpaired) electrons. The molecule has 0 saturated carbocycles. The van der Waals surface area contributed by atoms with Gasteiger partial charge in [0.1, 0.15) is 5.56 Å². The molecule has 82 valence electrons. The van der Waals surface area contributed by atoms with E-state index in [9.17, 15) is 4.79 Å². The fourth-order valence-electron chi connectivity index (χ4n) is 1.17. The summed E-state index contributed by atoms with van der Waals surface area (Å²) in [4.78, 5) is 10.8. The van der Waals surface area contributed by atoms with E-state index in [1.165, 1.54) is 10.9 Å². The van der Waals surface area contributed by atoms with E-state index in [1.807, 2.05) is 0 Å². The quantitative estimate of drug-likeness (QED) is 0.789. The first-order valence-electron chi connectivity index (χ1n) is 4.30. The Morgan fingerprint density at radius 1 is 1.80 bits per heavy atom. The van der Waals surface area contributed by atoms with E-state index in [0.29, 0.717) is 23.8 Å². The summed E-state index contributed by atoms with van der Waals surface area (Å²) in [5.74, 6) is -0.982. The zero-order valence-electron chi connectivity index (χ0n) is 8.33. The number of aromatic nitrogens is 2. The molecule has 0 aliphatic carbocycles. The Labute approximate surface area is 92.3 Å². The second kappa shape index (κ2) is 4.95. The third kappa shape index (κ3) is 3.07. The summed E-state index contributed by atoms with van der Waals surface area (Å²) < 4.78 is 1.52. The van der Waals surface area contributed by atoms with E-state index in [-0.39, 0.29) is 5.56 Å². The van der Waals surface area contributed by atoms with E-state index < -0.39 is 5.97 Å². The molecule has 0 aliphatic heterocycles. The maximum absolute atomic E-state index is 10.8. The highest BCUT2D eigenvalue weighted by molar-refractivity contribution is 6.29. The highest BCUT2D eigenvalue weighted by Crippen LogP contribution is 2.07. The third-order valence-electron chi connectivity index (χ3n) is 1.90. The Kier molecular flexibility index (Phi) is 3.88. The van der Waals surface area contributed by atoms with Gasteiger partial charge in [-0.05, 0) is 0 Å². The van der Waals surface area contributed by atoms with E-state index in [2.05, 4.69) is 17.0 Å². The molecular weight excluding hydrogens is 218 g/mol. The van der Waals surface area contributed by atoms with Crippen molar-refractivity contribution >= 4 is 17.6 Å². The Balaban J connectivity index is 2.70. The fraction of sp³-hybridized carbons (Fsp3) is 0.333. The van der Waals surface area contributed by atoms with Gasteiger partial charge in [-0.1, -0.05) is 18.2 Å². The van der Waals surface area contributed by atoms with Crippen LogP contribution in [0, 0.1) is 0 Å². The van der Waals surface area contributed by atoms with Gasteiger partial charge in [0.15, 0.2) is 0 Å². The summed E-state index contributed by atoms with van der Waals surface area (Å²) in [5, 5.41) is 16.2. The Bertz CT molecular complexity index is 387.